The summed E-state index contributed by atoms with van der Waals surface area (Å²) in [7, 11) is 0. The second-order valence-electron chi connectivity index (χ2n) is 5.51. The zero-order chi connectivity index (χ0) is 15.5. The van der Waals surface area contributed by atoms with Crippen molar-refractivity contribution in [1.29, 1.82) is 5.26 Å². The number of hydrogen-bond acceptors (Lipinski definition) is 5. The van der Waals surface area contributed by atoms with Crippen molar-refractivity contribution < 1.29 is 19.1 Å². The van der Waals surface area contributed by atoms with E-state index < -0.39 is 23.6 Å². The Balaban J connectivity index is 2.24. The quantitative estimate of drug-likeness (QED) is 0.587. The van der Waals surface area contributed by atoms with Gasteiger partial charge in [0.05, 0.1) is 19.3 Å². The van der Waals surface area contributed by atoms with Crippen LogP contribution in [0.25, 0.3) is 0 Å². The first-order chi connectivity index (χ1) is 10.1. The van der Waals surface area contributed by atoms with E-state index in [0.717, 1.165) is 25.7 Å². The van der Waals surface area contributed by atoms with E-state index in [1.54, 1.807) is 13.8 Å². The van der Waals surface area contributed by atoms with Crippen molar-refractivity contribution >= 4 is 12.1 Å². The molecule has 116 valence electrons. The monoisotopic (exact) mass is 294 g/mol. The number of esters is 1. The maximum atomic E-state index is 12.2. The number of hydrogen-bond donors (Lipinski definition) is 0. The second-order valence-corrected chi connectivity index (χ2v) is 5.51. The predicted octanol–water partition coefficient (Wildman–Crippen LogP) is 2.23. The van der Waals surface area contributed by atoms with Gasteiger partial charge in [0.15, 0.2) is 0 Å². The molecule has 6 nitrogen and oxygen atoms in total. The van der Waals surface area contributed by atoms with Crippen molar-refractivity contribution in [2.45, 2.75) is 57.5 Å². The largest absolute Gasteiger partial charge is 0.463 e. The lowest BCUT2D eigenvalue weighted by atomic mass is 9.83. The molecule has 0 radical (unpaired) electrons. The molecule has 1 aliphatic heterocycles. The Hall–Kier alpha value is -1.77. The Labute approximate surface area is 125 Å². The number of ether oxygens (including phenoxy) is 2. The Morgan fingerprint density at radius 2 is 1.81 bits per heavy atom. The summed E-state index contributed by atoms with van der Waals surface area (Å²) in [5.74, 6) is -0.455. The predicted molar refractivity (Wildman–Crippen MR) is 74.2 cm³/mol. The summed E-state index contributed by atoms with van der Waals surface area (Å²) in [6.45, 7) is 3.80. The highest BCUT2D eigenvalue weighted by atomic mass is 16.6. The summed E-state index contributed by atoms with van der Waals surface area (Å²) < 4.78 is 10.0. The van der Waals surface area contributed by atoms with E-state index >= 15 is 0 Å². The van der Waals surface area contributed by atoms with Gasteiger partial charge in [0.25, 0.3) is 5.54 Å². The standard InChI is InChI=1S/C15H22N2O4/c1-3-20-13(18)15(10-16)12(11-8-6-5-7-9-11)17(15)14(19)21-4-2/h11-12H,3-9H2,1-2H3/t12-,15+,17?/m1/s1. The molecule has 21 heavy (non-hydrogen) atoms. The molecule has 1 saturated carbocycles. The van der Waals surface area contributed by atoms with E-state index in [2.05, 4.69) is 0 Å². The van der Waals surface area contributed by atoms with Crippen molar-refractivity contribution in [3.05, 3.63) is 0 Å². The van der Waals surface area contributed by atoms with Crippen LogP contribution in [0.5, 0.6) is 0 Å². The fraction of sp³-hybridized carbons (Fsp3) is 0.800. The van der Waals surface area contributed by atoms with Gasteiger partial charge in [-0.05, 0) is 32.6 Å². The molecule has 1 amide bonds. The van der Waals surface area contributed by atoms with Gasteiger partial charge in [-0.25, -0.2) is 9.59 Å². The number of rotatable bonds is 4. The molecule has 0 unspecified atom stereocenters. The highest BCUT2D eigenvalue weighted by Crippen LogP contribution is 2.50. The van der Waals surface area contributed by atoms with Crippen LogP contribution in [0.2, 0.25) is 0 Å². The molecule has 0 aromatic rings. The van der Waals surface area contributed by atoms with Gasteiger partial charge in [-0.1, -0.05) is 19.3 Å². The minimum absolute atomic E-state index is 0.173. The van der Waals surface area contributed by atoms with Gasteiger partial charge in [-0.15, -0.1) is 0 Å². The highest BCUT2D eigenvalue weighted by molar-refractivity contribution is 5.96. The lowest BCUT2D eigenvalue weighted by Crippen LogP contribution is -2.34. The first-order valence-electron chi connectivity index (χ1n) is 7.68. The van der Waals surface area contributed by atoms with Crippen molar-refractivity contribution in [2.75, 3.05) is 13.2 Å². The molecular weight excluding hydrogens is 272 g/mol. The van der Waals surface area contributed by atoms with Gasteiger partial charge in [0, 0.05) is 0 Å². The van der Waals surface area contributed by atoms with E-state index in [1.807, 2.05) is 6.07 Å². The molecule has 0 aromatic heterocycles. The molecule has 0 bridgehead atoms. The summed E-state index contributed by atoms with van der Waals surface area (Å²) in [4.78, 5) is 25.6. The molecule has 0 N–H and O–H groups in total. The Morgan fingerprint density at radius 1 is 1.19 bits per heavy atom. The second kappa shape index (κ2) is 6.33. The topological polar surface area (TPSA) is 79.4 Å². The Bertz CT molecular complexity index is 453. The SMILES string of the molecule is CCOC(=O)N1[C@H](C2CCCCC2)[C@@]1(C#N)C(=O)OCC. The van der Waals surface area contributed by atoms with Gasteiger partial charge in [0.2, 0.25) is 0 Å². The van der Waals surface area contributed by atoms with E-state index in [-0.39, 0.29) is 19.1 Å². The average molecular weight is 294 g/mol. The van der Waals surface area contributed by atoms with Gasteiger partial charge in [-0.3, -0.25) is 4.90 Å². The zero-order valence-electron chi connectivity index (χ0n) is 12.6. The first kappa shape index (κ1) is 15.6. The average Bonchev–Trinajstić information content (AvgIpc) is 3.19. The highest BCUT2D eigenvalue weighted by Gasteiger charge is 2.75. The van der Waals surface area contributed by atoms with Crippen LogP contribution in [0.15, 0.2) is 0 Å². The van der Waals surface area contributed by atoms with Crippen LogP contribution in [-0.4, -0.2) is 41.8 Å². The third-order valence-electron chi connectivity index (χ3n) is 4.34. The molecule has 1 heterocycles. The summed E-state index contributed by atoms with van der Waals surface area (Å²) in [6, 6.07) is 1.62. The molecule has 2 fully saturated rings. The molecule has 6 heteroatoms. The van der Waals surface area contributed by atoms with Crippen LogP contribution in [0.4, 0.5) is 4.79 Å². The number of carbonyl (C=O) groups is 2. The van der Waals surface area contributed by atoms with Crippen LogP contribution in [0, 0.1) is 17.2 Å². The van der Waals surface area contributed by atoms with Crippen LogP contribution >= 0.6 is 0 Å². The number of amides is 1. The smallest absolute Gasteiger partial charge is 0.411 e. The third kappa shape index (κ3) is 2.57. The maximum Gasteiger partial charge on any atom is 0.411 e. The fourth-order valence-electron chi connectivity index (χ4n) is 3.39. The van der Waals surface area contributed by atoms with Gasteiger partial charge < -0.3 is 9.47 Å². The van der Waals surface area contributed by atoms with Crippen molar-refractivity contribution in [3.63, 3.8) is 0 Å². The molecule has 1 aliphatic carbocycles. The first-order valence-corrected chi connectivity index (χ1v) is 7.68. The molecule has 0 aromatic carbocycles. The van der Waals surface area contributed by atoms with Crippen LogP contribution in [-0.2, 0) is 14.3 Å². The summed E-state index contributed by atoms with van der Waals surface area (Å²) in [5, 5.41) is 9.54. The molecular formula is C15H22N2O4. The summed E-state index contributed by atoms with van der Waals surface area (Å²) in [6.07, 6.45) is 4.58. The minimum Gasteiger partial charge on any atom is -0.463 e. The summed E-state index contributed by atoms with van der Waals surface area (Å²) in [5.41, 5.74) is -1.48. The maximum absolute atomic E-state index is 12.2. The van der Waals surface area contributed by atoms with E-state index in [1.165, 1.54) is 11.3 Å². The summed E-state index contributed by atoms with van der Waals surface area (Å²) >= 11 is 0. The van der Waals surface area contributed by atoms with Crippen LogP contribution in [0.1, 0.15) is 46.0 Å². The molecule has 2 atom stereocenters. The third-order valence-corrected chi connectivity index (χ3v) is 4.34. The lowest BCUT2D eigenvalue weighted by molar-refractivity contribution is -0.145. The Kier molecular flexibility index (Phi) is 4.71. The van der Waals surface area contributed by atoms with Crippen molar-refractivity contribution in [2.24, 2.45) is 5.92 Å². The molecule has 2 rings (SSSR count). The number of carbonyl (C=O) groups excluding carboxylic acids is 2. The van der Waals surface area contributed by atoms with Gasteiger partial charge in [-0.2, -0.15) is 5.26 Å². The van der Waals surface area contributed by atoms with Crippen LogP contribution < -0.4 is 0 Å². The lowest BCUT2D eigenvalue weighted by Gasteiger charge is -2.21. The number of nitrogens with zero attached hydrogens (tertiary/aromatic N) is 2. The van der Waals surface area contributed by atoms with Gasteiger partial charge in [0.1, 0.15) is 6.07 Å². The van der Waals surface area contributed by atoms with Crippen molar-refractivity contribution in [3.8, 4) is 6.07 Å². The fourth-order valence-corrected chi connectivity index (χ4v) is 3.39. The molecule has 2 aliphatic rings. The Morgan fingerprint density at radius 3 is 2.33 bits per heavy atom. The molecule has 0 spiro atoms. The minimum atomic E-state index is -1.48. The molecule has 1 saturated heterocycles. The van der Waals surface area contributed by atoms with Gasteiger partial charge >= 0.3 is 12.1 Å². The van der Waals surface area contributed by atoms with Crippen molar-refractivity contribution in [1.82, 2.24) is 4.90 Å². The van der Waals surface area contributed by atoms with E-state index in [4.69, 9.17) is 9.47 Å². The van der Waals surface area contributed by atoms with E-state index in [9.17, 15) is 14.9 Å². The zero-order valence-corrected chi connectivity index (χ0v) is 12.6. The van der Waals surface area contributed by atoms with Crippen LogP contribution in [0.3, 0.4) is 0 Å². The van der Waals surface area contributed by atoms with E-state index in [0.29, 0.717) is 0 Å². The number of nitriles is 1. The normalized spacial score (nSPS) is 28.6.